The van der Waals surface area contributed by atoms with Crippen LogP contribution in [0, 0.1) is 6.92 Å². The summed E-state index contributed by atoms with van der Waals surface area (Å²) in [6.07, 6.45) is 0.899. The molecular formula is C24H22ClN3O2. The molecule has 0 saturated carbocycles. The average Bonchev–Trinajstić information content (AvgIpc) is 3.12. The summed E-state index contributed by atoms with van der Waals surface area (Å²) in [4.78, 5) is 24.2. The third-order valence-corrected chi connectivity index (χ3v) is 5.64. The van der Waals surface area contributed by atoms with E-state index in [-0.39, 0.29) is 24.9 Å². The van der Waals surface area contributed by atoms with E-state index in [1.54, 1.807) is 18.2 Å². The van der Waals surface area contributed by atoms with Gasteiger partial charge in [-0.2, -0.15) is 0 Å². The van der Waals surface area contributed by atoms with Gasteiger partial charge in [-0.15, -0.1) is 0 Å². The molecule has 2 amide bonds. The van der Waals surface area contributed by atoms with Crippen molar-refractivity contribution in [3.8, 4) is 11.1 Å². The van der Waals surface area contributed by atoms with E-state index in [0.29, 0.717) is 10.7 Å². The highest BCUT2D eigenvalue weighted by atomic mass is 35.5. The largest absolute Gasteiger partial charge is 0.376 e. The molecule has 0 spiro atoms. The van der Waals surface area contributed by atoms with Crippen LogP contribution in [0.3, 0.4) is 0 Å². The van der Waals surface area contributed by atoms with Gasteiger partial charge in [0.05, 0.1) is 13.1 Å². The predicted molar refractivity (Wildman–Crippen MR) is 121 cm³/mol. The second-order valence-electron chi connectivity index (χ2n) is 7.30. The van der Waals surface area contributed by atoms with Crippen LogP contribution in [0.1, 0.15) is 16.7 Å². The highest BCUT2D eigenvalue weighted by Crippen LogP contribution is 2.37. The summed E-state index contributed by atoms with van der Waals surface area (Å²) in [6, 6.07) is 19.8. The Morgan fingerprint density at radius 1 is 0.900 bits per heavy atom. The third kappa shape index (κ3) is 4.31. The lowest BCUT2D eigenvalue weighted by molar-refractivity contribution is -0.122. The number of nitrogens with one attached hydrogen (secondary N) is 3. The molecular weight excluding hydrogens is 398 g/mol. The number of hydrogen-bond acceptors (Lipinski definition) is 3. The van der Waals surface area contributed by atoms with Crippen molar-refractivity contribution in [1.29, 1.82) is 0 Å². The molecule has 1 aliphatic carbocycles. The van der Waals surface area contributed by atoms with E-state index in [9.17, 15) is 9.59 Å². The van der Waals surface area contributed by atoms with Crippen LogP contribution in [0.25, 0.3) is 11.1 Å². The first-order valence-electron chi connectivity index (χ1n) is 9.78. The molecule has 152 valence electrons. The van der Waals surface area contributed by atoms with Crippen LogP contribution >= 0.6 is 11.6 Å². The van der Waals surface area contributed by atoms with E-state index < -0.39 is 0 Å². The van der Waals surface area contributed by atoms with Crippen LogP contribution in [0.2, 0.25) is 5.02 Å². The van der Waals surface area contributed by atoms with Gasteiger partial charge >= 0.3 is 0 Å². The fourth-order valence-electron chi connectivity index (χ4n) is 3.62. The quantitative estimate of drug-likeness (QED) is 0.434. The summed E-state index contributed by atoms with van der Waals surface area (Å²) >= 11 is 6.06. The van der Waals surface area contributed by atoms with Crippen molar-refractivity contribution in [3.63, 3.8) is 0 Å². The number of halogens is 1. The van der Waals surface area contributed by atoms with Gasteiger partial charge in [-0.1, -0.05) is 48.0 Å². The van der Waals surface area contributed by atoms with Gasteiger partial charge in [-0.05, 0) is 65.4 Å². The minimum Gasteiger partial charge on any atom is -0.376 e. The molecule has 0 aromatic heterocycles. The van der Waals surface area contributed by atoms with E-state index in [4.69, 9.17) is 11.6 Å². The SMILES string of the molecule is Cc1c(Cl)cccc1NC(=O)CNC(=O)CNc1ccc2c(c1)Cc1ccccc1-2. The molecule has 0 fully saturated rings. The zero-order chi connectivity index (χ0) is 21.1. The minimum absolute atomic E-state index is 0.0925. The minimum atomic E-state index is -0.302. The van der Waals surface area contributed by atoms with Crippen molar-refractivity contribution in [2.45, 2.75) is 13.3 Å². The van der Waals surface area contributed by atoms with Crippen LogP contribution in [0.4, 0.5) is 11.4 Å². The van der Waals surface area contributed by atoms with Crippen LogP contribution < -0.4 is 16.0 Å². The Morgan fingerprint density at radius 2 is 1.70 bits per heavy atom. The smallest absolute Gasteiger partial charge is 0.243 e. The molecule has 0 radical (unpaired) electrons. The number of carbonyl (C=O) groups is 2. The van der Waals surface area contributed by atoms with Gasteiger partial charge in [0.1, 0.15) is 0 Å². The van der Waals surface area contributed by atoms with E-state index in [2.05, 4.69) is 46.3 Å². The molecule has 3 aromatic carbocycles. The summed E-state index contributed by atoms with van der Waals surface area (Å²) in [5.74, 6) is -0.555. The number of rotatable bonds is 6. The highest BCUT2D eigenvalue weighted by Gasteiger charge is 2.18. The van der Waals surface area contributed by atoms with Gasteiger partial charge < -0.3 is 16.0 Å². The van der Waals surface area contributed by atoms with Crippen LogP contribution in [-0.2, 0) is 16.0 Å². The molecule has 3 aromatic rings. The van der Waals surface area contributed by atoms with Crippen LogP contribution in [-0.4, -0.2) is 24.9 Å². The van der Waals surface area contributed by atoms with Crippen LogP contribution in [0.15, 0.2) is 60.7 Å². The van der Waals surface area contributed by atoms with Gasteiger partial charge in [0.25, 0.3) is 0 Å². The lowest BCUT2D eigenvalue weighted by atomic mass is 10.1. The molecule has 3 N–H and O–H groups in total. The maximum Gasteiger partial charge on any atom is 0.243 e. The molecule has 0 unspecified atom stereocenters. The second-order valence-corrected chi connectivity index (χ2v) is 7.70. The molecule has 1 aliphatic rings. The summed E-state index contributed by atoms with van der Waals surface area (Å²) in [5, 5.41) is 9.10. The third-order valence-electron chi connectivity index (χ3n) is 5.23. The topological polar surface area (TPSA) is 70.2 Å². The van der Waals surface area contributed by atoms with Crippen molar-refractivity contribution in [1.82, 2.24) is 5.32 Å². The first kappa shape index (κ1) is 20.0. The van der Waals surface area contributed by atoms with Crippen molar-refractivity contribution in [2.75, 3.05) is 23.7 Å². The molecule has 5 nitrogen and oxygen atoms in total. The maximum absolute atomic E-state index is 12.1. The summed E-state index contributed by atoms with van der Waals surface area (Å²) in [5.41, 5.74) is 7.40. The lowest BCUT2D eigenvalue weighted by Crippen LogP contribution is -2.36. The molecule has 0 saturated heterocycles. The molecule has 0 bridgehead atoms. The Bertz CT molecular complexity index is 1130. The number of anilines is 2. The number of benzene rings is 3. The zero-order valence-corrected chi connectivity index (χ0v) is 17.3. The van der Waals surface area contributed by atoms with Gasteiger partial charge in [0.2, 0.25) is 11.8 Å². The monoisotopic (exact) mass is 419 g/mol. The van der Waals surface area contributed by atoms with E-state index in [1.807, 2.05) is 19.1 Å². The van der Waals surface area contributed by atoms with Crippen LogP contribution in [0.5, 0.6) is 0 Å². The van der Waals surface area contributed by atoms with Gasteiger partial charge in [0, 0.05) is 16.4 Å². The Kier molecular flexibility index (Phi) is 5.72. The van der Waals surface area contributed by atoms with E-state index >= 15 is 0 Å². The Hall–Kier alpha value is -3.31. The fraction of sp³-hybridized carbons (Fsp3) is 0.167. The van der Waals surface area contributed by atoms with Crippen molar-refractivity contribution in [2.24, 2.45) is 0 Å². The first-order valence-corrected chi connectivity index (χ1v) is 10.2. The number of amides is 2. The Labute approximate surface area is 180 Å². The summed E-state index contributed by atoms with van der Waals surface area (Å²) < 4.78 is 0. The van der Waals surface area contributed by atoms with Gasteiger partial charge in [0.15, 0.2) is 0 Å². The molecule has 0 heterocycles. The number of carbonyl (C=O) groups excluding carboxylic acids is 2. The van der Waals surface area contributed by atoms with E-state index in [0.717, 1.165) is 17.7 Å². The molecule has 0 atom stereocenters. The predicted octanol–water partition coefficient (Wildman–Crippen LogP) is 4.39. The molecule has 0 aliphatic heterocycles. The average molecular weight is 420 g/mol. The summed E-state index contributed by atoms with van der Waals surface area (Å²) in [7, 11) is 0. The van der Waals surface area contributed by atoms with Crippen molar-refractivity contribution in [3.05, 3.63) is 82.4 Å². The molecule has 30 heavy (non-hydrogen) atoms. The maximum atomic E-state index is 12.1. The lowest BCUT2D eigenvalue weighted by Gasteiger charge is -2.11. The van der Waals surface area contributed by atoms with Crippen molar-refractivity contribution >= 4 is 34.8 Å². The summed E-state index contributed by atoms with van der Waals surface area (Å²) in [6.45, 7) is 1.82. The number of fused-ring (bicyclic) bond motifs is 3. The van der Waals surface area contributed by atoms with E-state index in [1.165, 1.54) is 22.3 Å². The second kappa shape index (κ2) is 8.59. The number of hydrogen-bond donors (Lipinski definition) is 3. The Balaban J connectivity index is 1.27. The zero-order valence-electron chi connectivity index (χ0n) is 16.6. The Morgan fingerprint density at radius 3 is 2.57 bits per heavy atom. The van der Waals surface area contributed by atoms with Gasteiger partial charge in [-0.25, -0.2) is 0 Å². The highest BCUT2D eigenvalue weighted by molar-refractivity contribution is 6.31. The first-order chi connectivity index (χ1) is 14.5. The fourth-order valence-corrected chi connectivity index (χ4v) is 3.79. The normalized spacial score (nSPS) is 11.4. The standard InChI is InChI=1S/C24H22ClN3O2/c1-15-21(25)7-4-8-22(15)28-24(30)14-27-23(29)13-26-18-9-10-20-17(12-18)11-16-5-2-3-6-19(16)20/h2-10,12,26H,11,13-14H2,1H3,(H,27,29)(H,28,30). The molecule has 4 rings (SSSR count). The van der Waals surface area contributed by atoms with Gasteiger partial charge in [-0.3, -0.25) is 9.59 Å². The van der Waals surface area contributed by atoms with Crippen molar-refractivity contribution < 1.29 is 9.59 Å². The molecule has 6 heteroatoms.